The Labute approximate surface area is 108 Å². The number of nitrogens with zero attached hydrogens (tertiary/aromatic N) is 1. The van der Waals surface area contributed by atoms with Crippen LogP contribution in [0.4, 0.5) is 0 Å². The minimum atomic E-state index is -0.132. The van der Waals surface area contributed by atoms with Crippen molar-refractivity contribution in [1.29, 1.82) is 0 Å². The highest BCUT2D eigenvalue weighted by atomic mass is 32.2. The Bertz CT molecular complexity index is 231. The fraction of sp³-hybridized carbons (Fsp3) is 0.917. The number of thioether (sulfide) groups is 1. The minimum Gasteiger partial charge on any atom is -0.468 e. The van der Waals surface area contributed by atoms with Gasteiger partial charge in [0.05, 0.1) is 13.7 Å². The SMILES string of the molecule is COC(=O)CN1CCC(N[C@H](C)CSC)CC1. The van der Waals surface area contributed by atoms with Gasteiger partial charge in [-0.15, -0.1) is 0 Å². The molecule has 1 aliphatic rings. The molecule has 1 fully saturated rings. The number of rotatable bonds is 6. The van der Waals surface area contributed by atoms with Crippen molar-refractivity contribution < 1.29 is 9.53 Å². The van der Waals surface area contributed by atoms with Crippen LogP contribution in [-0.2, 0) is 9.53 Å². The number of likely N-dealkylation sites (tertiary alicyclic amines) is 1. The summed E-state index contributed by atoms with van der Waals surface area (Å²) >= 11 is 1.88. The number of ether oxygens (including phenoxy) is 1. The number of hydrogen-bond acceptors (Lipinski definition) is 5. The molecule has 5 heteroatoms. The monoisotopic (exact) mass is 260 g/mol. The van der Waals surface area contributed by atoms with Crippen molar-refractivity contribution in [1.82, 2.24) is 10.2 Å². The first-order valence-corrected chi connectivity index (χ1v) is 7.59. The number of hydrogen-bond donors (Lipinski definition) is 1. The van der Waals surface area contributed by atoms with E-state index in [4.69, 9.17) is 0 Å². The van der Waals surface area contributed by atoms with Gasteiger partial charge in [-0.05, 0) is 26.0 Å². The van der Waals surface area contributed by atoms with Gasteiger partial charge in [-0.2, -0.15) is 11.8 Å². The van der Waals surface area contributed by atoms with Crippen molar-refractivity contribution in [2.45, 2.75) is 31.8 Å². The maximum absolute atomic E-state index is 11.1. The van der Waals surface area contributed by atoms with Crippen molar-refractivity contribution in [3.63, 3.8) is 0 Å². The van der Waals surface area contributed by atoms with E-state index in [1.165, 1.54) is 7.11 Å². The molecule has 0 spiro atoms. The molecular weight excluding hydrogens is 236 g/mol. The Morgan fingerprint density at radius 2 is 2.18 bits per heavy atom. The van der Waals surface area contributed by atoms with Crippen LogP contribution in [-0.4, -0.2) is 61.7 Å². The Hall–Kier alpha value is -0.260. The van der Waals surface area contributed by atoms with E-state index in [1.807, 2.05) is 11.8 Å². The number of carbonyl (C=O) groups excluding carboxylic acids is 1. The smallest absolute Gasteiger partial charge is 0.319 e. The molecule has 0 bridgehead atoms. The summed E-state index contributed by atoms with van der Waals surface area (Å²) in [7, 11) is 1.45. The summed E-state index contributed by atoms with van der Waals surface area (Å²) in [6, 6.07) is 1.17. The van der Waals surface area contributed by atoms with E-state index in [-0.39, 0.29) is 5.97 Å². The molecular formula is C12H24N2O2S. The van der Waals surface area contributed by atoms with Crippen LogP contribution in [0.1, 0.15) is 19.8 Å². The predicted octanol–water partition coefficient (Wildman–Crippen LogP) is 0.965. The molecule has 1 N–H and O–H groups in total. The normalized spacial score (nSPS) is 20.2. The molecule has 1 aliphatic heterocycles. The summed E-state index contributed by atoms with van der Waals surface area (Å²) in [6.07, 6.45) is 4.38. The summed E-state index contributed by atoms with van der Waals surface area (Å²) < 4.78 is 4.68. The lowest BCUT2D eigenvalue weighted by molar-refractivity contribution is -0.142. The second kappa shape index (κ2) is 7.95. The van der Waals surface area contributed by atoms with Gasteiger partial charge in [-0.25, -0.2) is 0 Å². The molecule has 0 aromatic rings. The lowest BCUT2D eigenvalue weighted by atomic mass is 10.0. The zero-order valence-corrected chi connectivity index (χ0v) is 11.9. The topological polar surface area (TPSA) is 41.6 Å². The van der Waals surface area contributed by atoms with Gasteiger partial charge in [0.2, 0.25) is 0 Å². The summed E-state index contributed by atoms with van der Waals surface area (Å²) in [5.41, 5.74) is 0. The van der Waals surface area contributed by atoms with Gasteiger partial charge in [0.15, 0.2) is 0 Å². The van der Waals surface area contributed by atoms with Crippen LogP contribution in [0.2, 0.25) is 0 Å². The molecule has 1 atom stereocenters. The first-order valence-electron chi connectivity index (χ1n) is 6.20. The Kier molecular flexibility index (Phi) is 6.92. The van der Waals surface area contributed by atoms with Crippen LogP contribution in [0.3, 0.4) is 0 Å². The summed E-state index contributed by atoms with van der Waals surface area (Å²) in [5, 5.41) is 3.64. The molecule has 17 heavy (non-hydrogen) atoms. The highest BCUT2D eigenvalue weighted by Gasteiger charge is 2.21. The fourth-order valence-electron chi connectivity index (χ4n) is 2.21. The number of esters is 1. The van der Waals surface area contributed by atoms with Gasteiger partial charge in [0.1, 0.15) is 0 Å². The van der Waals surface area contributed by atoms with E-state index in [0.717, 1.165) is 31.7 Å². The lowest BCUT2D eigenvalue weighted by Gasteiger charge is -2.33. The maximum atomic E-state index is 11.1. The van der Waals surface area contributed by atoms with Crippen molar-refractivity contribution in [3.05, 3.63) is 0 Å². The third-order valence-corrected chi connectivity index (χ3v) is 3.94. The Morgan fingerprint density at radius 3 is 2.71 bits per heavy atom. The molecule has 0 unspecified atom stereocenters. The zero-order chi connectivity index (χ0) is 12.7. The van der Waals surface area contributed by atoms with Gasteiger partial charge in [-0.1, -0.05) is 0 Å². The summed E-state index contributed by atoms with van der Waals surface area (Å²) in [4.78, 5) is 13.3. The molecule has 1 saturated heterocycles. The van der Waals surface area contributed by atoms with Gasteiger partial charge in [-0.3, -0.25) is 9.69 Å². The standard InChI is InChI=1S/C12H24N2O2S/c1-10(9-17-3)13-11-4-6-14(7-5-11)8-12(15)16-2/h10-11,13H,4-9H2,1-3H3/t10-/m1/s1. The predicted molar refractivity (Wildman–Crippen MR) is 72.5 cm³/mol. The molecule has 1 heterocycles. The molecule has 0 saturated carbocycles. The van der Waals surface area contributed by atoms with E-state index >= 15 is 0 Å². The van der Waals surface area contributed by atoms with E-state index < -0.39 is 0 Å². The Balaban J connectivity index is 2.19. The van der Waals surface area contributed by atoms with Gasteiger partial charge in [0.25, 0.3) is 0 Å². The third kappa shape index (κ3) is 5.75. The van der Waals surface area contributed by atoms with Crippen LogP contribution in [0.5, 0.6) is 0 Å². The second-order valence-electron chi connectivity index (χ2n) is 4.65. The van der Waals surface area contributed by atoms with Crippen molar-refractivity contribution in [2.24, 2.45) is 0 Å². The minimum absolute atomic E-state index is 0.132. The molecule has 1 rings (SSSR count). The number of carbonyl (C=O) groups is 1. The van der Waals surface area contributed by atoms with E-state index in [0.29, 0.717) is 18.6 Å². The van der Waals surface area contributed by atoms with Crippen LogP contribution >= 0.6 is 11.8 Å². The van der Waals surface area contributed by atoms with E-state index in [1.54, 1.807) is 0 Å². The molecule has 0 radical (unpaired) electrons. The lowest BCUT2D eigenvalue weighted by Crippen LogP contribution is -2.47. The van der Waals surface area contributed by atoms with Crippen molar-refractivity contribution >= 4 is 17.7 Å². The molecule has 0 aromatic carbocycles. The molecule has 0 aromatic heterocycles. The Morgan fingerprint density at radius 1 is 1.53 bits per heavy atom. The van der Waals surface area contributed by atoms with Crippen molar-refractivity contribution in [3.8, 4) is 0 Å². The summed E-state index contributed by atoms with van der Waals surface area (Å²) in [5.74, 6) is 1.02. The zero-order valence-electron chi connectivity index (χ0n) is 11.1. The van der Waals surface area contributed by atoms with Crippen LogP contribution in [0, 0.1) is 0 Å². The second-order valence-corrected chi connectivity index (χ2v) is 5.56. The molecule has 4 nitrogen and oxygen atoms in total. The highest BCUT2D eigenvalue weighted by molar-refractivity contribution is 7.98. The molecule has 0 aliphatic carbocycles. The molecule has 100 valence electrons. The number of methoxy groups -OCH3 is 1. The molecule has 0 amide bonds. The maximum Gasteiger partial charge on any atom is 0.319 e. The van der Waals surface area contributed by atoms with Crippen LogP contribution in [0.25, 0.3) is 0 Å². The average molecular weight is 260 g/mol. The highest BCUT2D eigenvalue weighted by Crippen LogP contribution is 2.11. The average Bonchev–Trinajstić information content (AvgIpc) is 2.32. The van der Waals surface area contributed by atoms with Gasteiger partial charge < -0.3 is 10.1 Å². The van der Waals surface area contributed by atoms with Crippen LogP contribution < -0.4 is 5.32 Å². The van der Waals surface area contributed by atoms with Gasteiger partial charge in [0, 0.05) is 30.9 Å². The number of piperidine rings is 1. The summed E-state index contributed by atoms with van der Waals surface area (Å²) in [6.45, 7) is 4.64. The quantitative estimate of drug-likeness (QED) is 0.721. The largest absolute Gasteiger partial charge is 0.468 e. The first-order chi connectivity index (χ1) is 8.15. The van der Waals surface area contributed by atoms with Gasteiger partial charge >= 0.3 is 5.97 Å². The first kappa shape index (κ1) is 14.8. The van der Waals surface area contributed by atoms with Crippen molar-refractivity contribution in [2.75, 3.05) is 38.8 Å². The van der Waals surface area contributed by atoms with E-state index in [2.05, 4.69) is 28.1 Å². The third-order valence-electron chi connectivity index (χ3n) is 3.10. The van der Waals surface area contributed by atoms with E-state index in [9.17, 15) is 4.79 Å². The number of nitrogens with one attached hydrogen (secondary N) is 1. The fourth-order valence-corrected chi connectivity index (χ4v) is 2.80. The van der Waals surface area contributed by atoms with Crippen LogP contribution in [0.15, 0.2) is 0 Å².